The minimum absolute atomic E-state index is 0. The molecule has 3 rings (SSSR count). The molecule has 0 saturated heterocycles. The molecule has 0 nitrogen and oxygen atoms in total. The van der Waals surface area contributed by atoms with E-state index in [4.69, 9.17) is 0 Å². The first-order chi connectivity index (χ1) is 7.43. The second-order valence-corrected chi connectivity index (χ2v) is 8.77. The molecule has 0 spiro atoms. The summed E-state index contributed by atoms with van der Waals surface area (Å²) in [5.41, 5.74) is 0. The molecule has 0 bridgehead atoms. The molecule has 0 aromatic rings. The maximum absolute atomic E-state index is 2.48. The zero-order chi connectivity index (χ0) is 10.1. The van der Waals surface area contributed by atoms with Crippen LogP contribution in [0.1, 0.15) is 19.3 Å². The van der Waals surface area contributed by atoms with E-state index < -0.39 is 0 Å². The molecule has 90 valence electrons. The van der Waals surface area contributed by atoms with Crippen LogP contribution in [0.3, 0.4) is 0 Å². The van der Waals surface area contributed by atoms with Crippen LogP contribution in [0.5, 0.6) is 0 Å². The van der Waals surface area contributed by atoms with E-state index in [0.717, 1.165) is 15.5 Å². The molecule has 0 aromatic carbocycles. The van der Waals surface area contributed by atoms with Crippen molar-refractivity contribution in [1.82, 2.24) is 0 Å². The molecule has 17 heavy (non-hydrogen) atoms. The van der Waals surface area contributed by atoms with Gasteiger partial charge in [0.1, 0.15) is 0 Å². The van der Waals surface area contributed by atoms with Crippen LogP contribution in [0.2, 0.25) is 3.63 Å². The molecule has 0 aromatic heterocycles. The Kier molecular flexibility index (Phi) is 6.48. The van der Waals surface area contributed by atoms with Gasteiger partial charge in [0.15, 0.2) is 0 Å². The number of allylic oxidation sites excluding steroid dienone is 8. The van der Waals surface area contributed by atoms with Crippen molar-refractivity contribution < 1.29 is 48.0 Å². The van der Waals surface area contributed by atoms with E-state index in [-0.39, 0.29) is 48.0 Å². The van der Waals surface area contributed by atoms with Gasteiger partial charge in [-0.15, -0.1) is 0 Å². The minimum atomic E-state index is -0.282. The van der Waals surface area contributed by atoms with Crippen LogP contribution >= 0.6 is 0 Å². The van der Waals surface area contributed by atoms with E-state index >= 15 is 0 Å². The number of halogens is 2. The standard InChI is InChI=1S/C9H11.C5H5.2ClH.Zr/c1-2-5-9-7-3-6-8(9)4-1;1-2-4-5-3-1;;;/h1-2,4-6,8-9H,3,7H2;1-3H,4H2;2*1H;/q;;;;+2/p-2. The quantitative estimate of drug-likeness (QED) is 0.536. The number of fused-ring (bicyclic) bond motifs is 1. The smallest absolute Gasteiger partial charge is 1.00 e. The van der Waals surface area contributed by atoms with Gasteiger partial charge >= 0.3 is 104 Å². The molecule has 3 heteroatoms. The second kappa shape index (κ2) is 7.12. The van der Waals surface area contributed by atoms with E-state index in [1.807, 2.05) is 3.28 Å². The molecule has 0 N–H and O–H groups in total. The maximum Gasteiger partial charge on any atom is -1.00 e. The van der Waals surface area contributed by atoms with E-state index in [1.54, 1.807) is 0 Å². The Morgan fingerprint density at radius 2 is 1.82 bits per heavy atom. The number of rotatable bonds is 2. The summed E-state index contributed by atoms with van der Waals surface area (Å²) in [4.78, 5) is 0. The normalized spacial score (nSPS) is 32.2. The summed E-state index contributed by atoms with van der Waals surface area (Å²) < 4.78 is 2.89. The Hall–Kier alpha value is 0.423. The molecule has 3 atom stereocenters. The monoisotopic (exact) mass is 344 g/mol. The van der Waals surface area contributed by atoms with Gasteiger partial charge in [0.25, 0.3) is 0 Å². The third-order valence-corrected chi connectivity index (χ3v) is 8.10. The molecular formula is C14H16Cl2Zr. The maximum atomic E-state index is 2.48. The summed E-state index contributed by atoms with van der Waals surface area (Å²) in [6.45, 7) is 0. The van der Waals surface area contributed by atoms with Gasteiger partial charge in [-0.3, -0.25) is 0 Å². The van der Waals surface area contributed by atoms with Gasteiger partial charge in [0, 0.05) is 0 Å². The van der Waals surface area contributed by atoms with Crippen LogP contribution in [-0.2, 0) is 23.2 Å². The average molecular weight is 346 g/mol. The first-order valence-electron chi connectivity index (χ1n) is 5.91. The summed E-state index contributed by atoms with van der Waals surface area (Å²) in [5.74, 6) is 1.79. The Labute approximate surface area is 128 Å². The minimum Gasteiger partial charge on any atom is -1.00 e. The van der Waals surface area contributed by atoms with Crippen molar-refractivity contribution in [2.45, 2.75) is 22.9 Å². The average Bonchev–Trinajstić information content (AvgIpc) is 2.89. The largest absolute Gasteiger partial charge is 1.00 e. The molecule has 3 aliphatic rings. The summed E-state index contributed by atoms with van der Waals surface area (Å²) >= 11 is -0.282. The molecule has 0 aliphatic heterocycles. The number of hydrogen-bond acceptors (Lipinski definition) is 0. The molecule has 3 aliphatic carbocycles. The molecule has 3 unspecified atom stereocenters. The van der Waals surface area contributed by atoms with Gasteiger partial charge in [-0.2, -0.15) is 0 Å². The van der Waals surface area contributed by atoms with Gasteiger partial charge < -0.3 is 24.8 Å². The van der Waals surface area contributed by atoms with Crippen LogP contribution in [0.4, 0.5) is 0 Å². The summed E-state index contributed by atoms with van der Waals surface area (Å²) in [6.07, 6.45) is 20.6. The van der Waals surface area contributed by atoms with Crippen molar-refractivity contribution in [1.29, 1.82) is 0 Å². The number of hydrogen-bond donors (Lipinski definition) is 0. The Bertz CT molecular complexity index is 368. The van der Waals surface area contributed by atoms with Crippen molar-refractivity contribution in [3.8, 4) is 0 Å². The van der Waals surface area contributed by atoms with Crippen molar-refractivity contribution in [2.75, 3.05) is 0 Å². The Balaban J connectivity index is 0.000000722. The first kappa shape index (κ1) is 15.5. The topological polar surface area (TPSA) is 0 Å². The molecule has 0 amide bonds. The third-order valence-electron chi connectivity index (χ3n) is 3.71. The zero-order valence-corrected chi connectivity index (χ0v) is 13.6. The SMILES string of the molecule is C1=CC[C]([Zr+2][CH]2CCC3C=CC=CC32)=C1.[Cl-].[Cl-]. The molecule has 0 radical (unpaired) electrons. The first-order valence-corrected chi connectivity index (χ1v) is 8.55. The summed E-state index contributed by atoms with van der Waals surface area (Å²) in [7, 11) is 0. The zero-order valence-electron chi connectivity index (χ0n) is 9.65. The second-order valence-electron chi connectivity index (χ2n) is 4.66. The van der Waals surface area contributed by atoms with Crippen molar-refractivity contribution >= 4 is 0 Å². The third kappa shape index (κ3) is 3.46. The Morgan fingerprint density at radius 3 is 2.59 bits per heavy atom. The fourth-order valence-corrected chi connectivity index (χ4v) is 7.26. The van der Waals surface area contributed by atoms with Crippen LogP contribution in [0.25, 0.3) is 0 Å². The van der Waals surface area contributed by atoms with Gasteiger partial charge in [-0.25, -0.2) is 0 Å². The van der Waals surface area contributed by atoms with Crippen molar-refractivity contribution in [3.05, 3.63) is 45.8 Å². The van der Waals surface area contributed by atoms with Gasteiger partial charge in [0.2, 0.25) is 0 Å². The van der Waals surface area contributed by atoms with E-state index in [9.17, 15) is 0 Å². The van der Waals surface area contributed by atoms with Crippen LogP contribution < -0.4 is 24.8 Å². The predicted molar refractivity (Wildman–Crippen MR) is 60.1 cm³/mol. The van der Waals surface area contributed by atoms with E-state index in [2.05, 4.69) is 42.5 Å². The fourth-order valence-electron chi connectivity index (χ4n) is 2.92. The van der Waals surface area contributed by atoms with Gasteiger partial charge in [0.05, 0.1) is 0 Å². The van der Waals surface area contributed by atoms with Crippen LogP contribution in [0.15, 0.2) is 45.8 Å². The molecule has 1 fully saturated rings. The van der Waals surface area contributed by atoms with Gasteiger partial charge in [-0.1, -0.05) is 0 Å². The van der Waals surface area contributed by atoms with Gasteiger partial charge in [-0.05, 0) is 0 Å². The van der Waals surface area contributed by atoms with E-state index in [1.165, 1.54) is 19.3 Å². The predicted octanol–water partition coefficient (Wildman–Crippen LogP) is -2.14. The molecule has 0 heterocycles. The van der Waals surface area contributed by atoms with Crippen molar-refractivity contribution in [2.24, 2.45) is 11.8 Å². The molecule has 1 saturated carbocycles. The van der Waals surface area contributed by atoms with Crippen LogP contribution in [-0.4, -0.2) is 0 Å². The summed E-state index contributed by atoms with van der Waals surface area (Å²) in [6, 6.07) is 0. The summed E-state index contributed by atoms with van der Waals surface area (Å²) in [5, 5.41) is 0. The van der Waals surface area contributed by atoms with Crippen molar-refractivity contribution in [3.63, 3.8) is 0 Å². The van der Waals surface area contributed by atoms with Crippen LogP contribution in [0, 0.1) is 11.8 Å². The molecular weight excluding hydrogens is 330 g/mol. The Morgan fingerprint density at radius 1 is 1.00 bits per heavy atom. The fraction of sp³-hybridized carbons (Fsp3) is 0.429. The van der Waals surface area contributed by atoms with E-state index in [0.29, 0.717) is 0 Å².